The van der Waals surface area contributed by atoms with Gasteiger partial charge in [0.1, 0.15) is 5.56 Å². The van der Waals surface area contributed by atoms with E-state index in [9.17, 15) is 9.59 Å². The summed E-state index contributed by atoms with van der Waals surface area (Å²) in [5.74, 6) is -0.606. The highest BCUT2D eigenvalue weighted by atomic mass is 16.5. The van der Waals surface area contributed by atoms with Crippen molar-refractivity contribution in [3.63, 3.8) is 0 Å². The molecule has 0 atom stereocenters. The van der Waals surface area contributed by atoms with Crippen LogP contribution in [0.5, 0.6) is 0 Å². The van der Waals surface area contributed by atoms with E-state index in [0.717, 1.165) is 16.6 Å². The molecule has 0 radical (unpaired) electrons. The van der Waals surface area contributed by atoms with Crippen LogP contribution in [-0.2, 0) is 11.3 Å². The molecule has 0 aliphatic heterocycles. The smallest absolute Gasteiger partial charge is 0.343 e. The van der Waals surface area contributed by atoms with Crippen LogP contribution in [0.25, 0.3) is 22.0 Å². The van der Waals surface area contributed by atoms with E-state index in [1.54, 1.807) is 37.7 Å². The lowest BCUT2D eigenvalue weighted by atomic mass is 10.0. The van der Waals surface area contributed by atoms with E-state index in [1.165, 1.54) is 0 Å². The molecule has 0 saturated heterocycles. The van der Waals surface area contributed by atoms with E-state index >= 15 is 0 Å². The van der Waals surface area contributed by atoms with Crippen molar-refractivity contribution in [2.75, 3.05) is 6.61 Å². The van der Waals surface area contributed by atoms with Crippen LogP contribution in [0.1, 0.15) is 17.3 Å². The Morgan fingerprint density at radius 3 is 2.68 bits per heavy atom. The molecule has 0 fully saturated rings. The summed E-state index contributed by atoms with van der Waals surface area (Å²) in [6, 6.07) is 9.36. The molecule has 3 aromatic rings. The number of pyridine rings is 2. The number of allylic oxidation sites excluding steroid dienone is 1. The van der Waals surface area contributed by atoms with Crippen molar-refractivity contribution in [1.82, 2.24) is 9.55 Å². The number of rotatable bonds is 5. The molecule has 5 nitrogen and oxygen atoms in total. The fourth-order valence-electron chi connectivity index (χ4n) is 2.76. The first-order chi connectivity index (χ1) is 12.2. The van der Waals surface area contributed by atoms with Gasteiger partial charge in [-0.1, -0.05) is 12.1 Å². The predicted molar refractivity (Wildman–Crippen MR) is 97.6 cm³/mol. The molecule has 0 unspecified atom stereocenters. The van der Waals surface area contributed by atoms with Crippen molar-refractivity contribution in [3.8, 4) is 11.1 Å². The molecule has 126 valence electrons. The van der Waals surface area contributed by atoms with Crippen LogP contribution in [0.15, 0.2) is 66.4 Å². The lowest BCUT2D eigenvalue weighted by Gasteiger charge is -2.13. The highest BCUT2D eigenvalue weighted by molar-refractivity contribution is 5.94. The summed E-state index contributed by atoms with van der Waals surface area (Å²) < 4.78 is 6.83. The van der Waals surface area contributed by atoms with Gasteiger partial charge >= 0.3 is 5.97 Å². The third kappa shape index (κ3) is 3.21. The Morgan fingerprint density at radius 2 is 2.00 bits per heavy atom. The summed E-state index contributed by atoms with van der Waals surface area (Å²) in [7, 11) is 0. The number of hydrogen-bond acceptors (Lipinski definition) is 4. The Hall–Kier alpha value is -3.21. The molecular formula is C20H18N2O3. The van der Waals surface area contributed by atoms with Crippen molar-refractivity contribution in [1.29, 1.82) is 0 Å². The number of fused-ring (bicyclic) bond motifs is 1. The van der Waals surface area contributed by atoms with Crippen molar-refractivity contribution >= 4 is 16.9 Å². The van der Waals surface area contributed by atoms with Gasteiger partial charge < -0.3 is 9.30 Å². The zero-order valence-electron chi connectivity index (χ0n) is 13.9. The first-order valence-electron chi connectivity index (χ1n) is 8.01. The van der Waals surface area contributed by atoms with E-state index in [1.807, 2.05) is 28.8 Å². The average molecular weight is 334 g/mol. The van der Waals surface area contributed by atoms with Crippen molar-refractivity contribution in [2.24, 2.45) is 0 Å². The molecule has 25 heavy (non-hydrogen) atoms. The highest BCUT2D eigenvalue weighted by Gasteiger charge is 2.16. The minimum atomic E-state index is -0.606. The Bertz CT molecular complexity index is 991. The van der Waals surface area contributed by atoms with Crippen LogP contribution in [0.3, 0.4) is 0 Å². The molecule has 0 aliphatic rings. The summed E-state index contributed by atoms with van der Waals surface area (Å²) in [6.07, 6.45) is 6.71. The molecule has 0 saturated carbocycles. The van der Waals surface area contributed by atoms with E-state index in [2.05, 4.69) is 11.6 Å². The third-order valence-corrected chi connectivity index (χ3v) is 3.92. The highest BCUT2D eigenvalue weighted by Crippen LogP contribution is 2.23. The molecule has 5 heteroatoms. The molecule has 2 heterocycles. The quantitative estimate of drug-likeness (QED) is 0.530. The maximum absolute atomic E-state index is 12.7. The second kappa shape index (κ2) is 7.13. The van der Waals surface area contributed by atoms with Gasteiger partial charge in [0.25, 0.3) is 0 Å². The van der Waals surface area contributed by atoms with Gasteiger partial charge in [-0.25, -0.2) is 4.79 Å². The minimum Gasteiger partial charge on any atom is -0.462 e. The number of carbonyl (C=O) groups is 1. The van der Waals surface area contributed by atoms with E-state index in [4.69, 9.17) is 4.74 Å². The van der Waals surface area contributed by atoms with Gasteiger partial charge in [0, 0.05) is 30.5 Å². The van der Waals surface area contributed by atoms with Gasteiger partial charge in [0.15, 0.2) is 0 Å². The first kappa shape index (κ1) is 16.6. The maximum Gasteiger partial charge on any atom is 0.343 e. The Morgan fingerprint density at radius 1 is 1.24 bits per heavy atom. The average Bonchev–Trinajstić information content (AvgIpc) is 2.64. The van der Waals surface area contributed by atoms with Crippen LogP contribution in [0, 0.1) is 0 Å². The van der Waals surface area contributed by atoms with E-state index in [-0.39, 0.29) is 17.6 Å². The van der Waals surface area contributed by atoms with Crippen LogP contribution in [0.2, 0.25) is 0 Å². The molecule has 3 rings (SSSR count). The van der Waals surface area contributed by atoms with Gasteiger partial charge in [-0.3, -0.25) is 9.78 Å². The zero-order valence-corrected chi connectivity index (χ0v) is 13.9. The number of benzene rings is 1. The predicted octanol–water partition coefficient (Wildman–Crippen LogP) is 3.43. The number of ether oxygens (including phenoxy) is 1. The first-order valence-corrected chi connectivity index (χ1v) is 8.01. The molecule has 0 spiro atoms. The number of hydrogen-bond donors (Lipinski definition) is 0. The number of nitrogens with zero attached hydrogens (tertiary/aromatic N) is 2. The largest absolute Gasteiger partial charge is 0.462 e. The van der Waals surface area contributed by atoms with E-state index < -0.39 is 5.97 Å². The molecule has 0 bridgehead atoms. The second-order valence-corrected chi connectivity index (χ2v) is 5.50. The molecule has 0 N–H and O–H groups in total. The summed E-state index contributed by atoms with van der Waals surface area (Å²) in [5.41, 5.74) is 2.43. The molecule has 2 aromatic heterocycles. The third-order valence-electron chi connectivity index (χ3n) is 3.92. The number of aromatic nitrogens is 2. The van der Waals surface area contributed by atoms with Gasteiger partial charge in [0.05, 0.1) is 12.1 Å². The molecule has 0 aliphatic carbocycles. The van der Waals surface area contributed by atoms with Gasteiger partial charge in [0.2, 0.25) is 5.43 Å². The Balaban J connectivity index is 2.24. The lowest BCUT2D eigenvalue weighted by Crippen LogP contribution is -2.20. The zero-order chi connectivity index (χ0) is 17.8. The SMILES string of the molecule is C=CCn1cc(C(=O)OCC)c(=O)c2ccc(-c3ccncc3)cc21. The summed E-state index contributed by atoms with van der Waals surface area (Å²) in [4.78, 5) is 28.8. The molecule has 1 aromatic carbocycles. The topological polar surface area (TPSA) is 61.2 Å². The number of carbonyl (C=O) groups excluding carboxylic acids is 1. The number of esters is 1. The summed E-state index contributed by atoms with van der Waals surface area (Å²) >= 11 is 0. The standard InChI is InChI=1S/C20H18N2O3/c1-3-11-22-13-17(20(24)25-4-2)19(23)16-6-5-15(12-18(16)22)14-7-9-21-10-8-14/h3,5-10,12-13H,1,4,11H2,2H3. The monoisotopic (exact) mass is 334 g/mol. The minimum absolute atomic E-state index is 0.0351. The van der Waals surface area contributed by atoms with Crippen molar-refractivity contribution in [3.05, 3.63) is 77.4 Å². The van der Waals surface area contributed by atoms with Crippen LogP contribution in [0.4, 0.5) is 0 Å². The second-order valence-electron chi connectivity index (χ2n) is 5.50. The van der Waals surface area contributed by atoms with Gasteiger partial charge in [-0.2, -0.15) is 0 Å². The van der Waals surface area contributed by atoms with Crippen LogP contribution >= 0.6 is 0 Å². The Labute approximate surface area is 145 Å². The molecule has 0 amide bonds. The van der Waals surface area contributed by atoms with Gasteiger partial charge in [-0.15, -0.1) is 6.58 Å². The summed E-state index contributed by atoms with van der Waals surface area (Å²) in [5, 5.41) is 0.477. The van der Waals surface area contributed by atoms with Crippen LogP contribution in [-0.4, -0.2) is 22.1 Å². The Kier molecular flexibility index (Phi) is 4.75. The molecular weight excluding hydrogens is 316 g/mol. The fraction of sp³-hybridized carbons (Fsp3) is 0.150. The van der Waals surface area contributed by atoms with Crippen molar-refractivity contribution < 1.29 is 9.53 Å². The van der Waals surface area contributed by atoms with Crippen LogP contribution < -0.4 is 5.43 Å². The fourth-order valence-corrected chi connectivity index (χ4v) is 2.76. The lowest BCUT2D eigenvalue weighted by molar-refractivity contribution is 0.0524. The summed E-state index contributed by atoms with van der Waals surface area (Å²) in [6.45, 7) is 6.16. The maximum atomic E-state index is 12.7. The van der Waals surface area contributed by atoms with E-state index in [0.29, 0.717) is 11.9 Å². The normalized spacial score (nSPS) is 10.6. The van der Waals surface area contributed by atoms with Gasteiger partial charge in [-0.05, 0) is 42.3 Å². The van der Waals surface area contributed by atoms with Crippen molar-refractivity contribution in [2.45, 2.75) is 13.5 Å².